The van der Waals surface area contributed by atoms with E-state index in [1.807, 2.05) is 42.6 Å². The molecule has 0 spiro atoms. The number of hydrogen-bond acceptors (Lipinski definition) is 5. The average Bonchev–Trinajstić information content (AvgIpc) is 3.24. The SMILES string of the molecule is Ic1ccccc1Nc1nc2c(-c3ncn[nH]3)cccc2c2cnccc12. The number of para-hydroxylation sites is 2. The van der Waals surface area contributed by atoms with Crippen LogP contribution in [-0.2, 0) is 0 Å². The summed E-state index contributed by atoms with van der Waals surface area (Å²) in [6, 6.07) is 16.2. The molecule has 0 aliphatic rings. The Hall–Kier alpha value is -3.07. The first-order valence-corrected chi connectivity index (χ1v) is 9.43. The second-order valence-corrected chi connectivity index (χ2v) is 7.18. The van der Waals surface area contributed by atoms with Crippen molar-refractivity contribution in [1.82, 2.24) is 25.1 Å². The van der Waals surface area contributed by atoms with Gasteiger partial charge in [0.25, 0.3) is 0 Å². The van der Waals surface area contributed by atoms with Crippen LogP contribution in [0.2, 0.25) is 0 Å². The number of anilines is 2. The summed E-state index contributed by atoms with van der Waals surface area (Å²) in [5, 5.41) is 13.5. The third-order valence-corrected chi connectivity index (χ3v) is 5.36. The molecule has 0 saturated heterocycles. The standard InChI is InChI=1S/C20H13IN6/c21-16-6-1-2-7-17(16)25-20-13-8-9-22-10-15(13)12-4-3-5-14(18(12)26-20)19-23-11-24-27-19/h1-11H,(H,25,26)(H,23,24,27). The normalized spacial score (nSPS) is 11.1. The molecule has 27 heavy (non-hydrogen) atoms. The quantitative estimate of drug-likeness (QED) is 0.293. The van der Waals surface area contributed by atoms with Gasteiger partial charge in [0, 0.05) is 37.7 Å². The molecule has 6 nitrogen and oxygen atoms in total. The zero-order valence-corrected chi connectivity index (χ0v) is 16.2. The third kappa shape index (κ3) is 2.80. The molecular weight excluding hydrogens is 451 g/mol. The van der Waals surface area contributed by atoms with Crippen LogP contribution in [0.1, 0.15) is 0 Å². The highest BCUT2D eigenvalue weighted by Gasteiger charge is 2.14. The van der Waals surface area contributed by atoms with E-state index in [0.29, 0.717) is 5.82 Å². The van der Waals surface area contributed by atoms with Gasteiger partial charge in [0.2, 0.25) is 0 Å². The number of fused-ring (bicyclic) bond motifs is 3. The molecule has 0 amide bonds. The third-order valence-electron chi connectivity index (χ3n) is 4.42. The molecule has 7 heteroatoms. The van der Waals surface area contributed by atoms with Crippen molar-refractivity contribution in [3.8, 4) is 11.4 Å². The fourth-order valence-corrected chi connectivity index (χ4v) is 3.70. The van der Waals surface area contributed by atoms with Gasteiger partial charge in [0.05, 0.1) is 11.2 Å². The maximum absolute atomic E-state index is 4.97. The zero-order valence-electron chi connectivity index (χ0n) is 14.0. The summed E-state index contributed by atoms with van der Waals surface area (Å²) >= 11 is 2.32. The summed E-state index contributed by atoms with van der Waals surface area (Å²) in [5.74, 6) is 1.48. The maximum Gasteiger partial charge on any atom is 0.157 e. The topological polar surface area (TPSA) is 79.4 Å². The fourth-order valence-electron chi connectivity index (χ4n) is 3.18. The number of nitrogens with one attached hydrogen (secondary N) is 2. The lowest BCUT2D eigenvalue weighted by Crippen LogP contribution is -1.99. The highest BCUT2D eigenvalue weighted by atomic mass is 127. The van der Waals surface area contributed by atoms with Gasteiger partial charge in [-0.1, -0.05) is 24.3 Å². The Kier molecular flexibility index (Phi) is 3.93. The van der Waals surface area contributed by atoms with Crippen LogP contribution >= 0.6 is 22.6 Å². The number of H-pyrrole nitrogens is 1. The van der Waals surface area contributed by atoms with Gasteiger partial charge in [-0.3, -0.25) is 10.1 Å². The maximum atomic E-state index is 4.97. The molecule has 0 saturated carbocycles. The van der Waals surface area contributed by atoms with Gasteiger partial charge in [-0.2, -0.15) is 5.10 Å². The predicted octanol–water partition coefficient (Wildman–Crippen LogP) is 4.92. The van der Waals surface area contributed by atoms with Crippen LogP contribution in [-0.4, -0.2) is 25.1 Å². The second-order valence-electron chi connectivity index (χ2n) is 6.02. The van der Waals surface area contributed by atoms with Crippen LogP contribution in [0.25, 0.3) is 33.1 Å². The largest absolute Gasteiger partial charge is 0.339 e. The lowest BCUT2D eigenvalue weighted by molar-refractivity contribution is 1.10. The lowest BCUT2D eigenvalue weighted by atomic mass is 10.0. The average molecular weight is 464 g/mol. The zero-order chi connectivity index (χ0) is 18.2. The Morgan fingerprint density at radius 1 is 0.926 bits per heavy atom. The van der Waals surface area contributed by atoms with Gasteiger partial charge < -0.3 is 5.32 Å². The Morgan fingerprint density at radius 3 is 2.70 bits per heavy atom. The first kappa shape index (κ1) is 16.1. The summed E-state index contributed by atoms with van der Waals surface area (Å²) in [6.07, 6.45) is 5.17. The van der Waals surface area contributed by atoms with Crippen molar-refractivity contribution < 1.29 is 0 Å². The van der Waals surface area contributed by atoms with E-state index in [1.165, 1.54) is 6.33 Å². The summed E-state index contributed by atoms with van der Waals surface area (Å²) in [4.78, 5) is 13.6. The first-order chi connectivity index (χ1) is 13.3. The van der Waals surface area contributed by atoms with E-state index >= 15 is 0 Å². The van der Waals surface area contributed by atoms with Gasteiger partial charge >= 0.3 is 0 Å². The number of benzene rings is 2. The molecule has 2 aromatic carbocycles. The molecule has 3 heterocycles. The lowest BCUT2D eigenvalue weighted by Gasteiger charge is -2.13. The number of aromatic nitrogens is 5. The van der Waals surface area contributed by atoms with Crippen molar-refractivity contribution in [3.05, 3.63) is 70.8 Å². The number of halogens is 1. The molecule has 0 fully saturated rings. The highest BCUT2D eigenvalue weighted by molar-refractivity contribution is 14.1. The molecule has 2 N–H and O–H groups in total. The Morgan fingerprint density at radius 2 is 1.85 bits per heavy atom. The smallest absolute Gasteiger partial charge is 0.157 e. The summed E-state index contributed by atoms with van der Waals surface area (Å²) in [7, 11) is 0. The van der Waals surface area contributed by atoms with E-state index < -0.39 is 0 Å². The Balaban J connectivity index is 1.81. The van der Waals surface area contributed by atoms with Crippen molar-refractivity contribution in [3.63, 3.8) is 0 Å². The molecule has 5 aromatic rings. The summed E-state index contributed by atoms with van der Waals surface area (Å²) < 4.78 is 1.13. The van der Waals surface area contributed by atoms with Crippen LogP contribution in [0.4, 0.5) is 11.5 Å². The number of nitrogens with zero attached hydrogens (tertiary/aromatic N) is 4. The predicted molar refractivity (Wildman–Crippen MR) is 115 cm³/mol. The van der Waals surface area contributed by atoms with E-state index in [0.717, 1.165) is 42.3 Å². The number of rotatable bonds is 3. The number of pyridine rings is 2. The van der Waals surface area contributed by atoms with Crippen LogP contribution in [0.3, 0.4) is 0 Å². The highest BCUT2D eigenvalue weighted by Crippen LogP contribution is 2.34. The number of hydrogen-bond donors (Lipinski definition) is 2. The molecular formula is C20H13IN6. The van der Waals surface area contributed by atoms with E-state index in [4.69, 9.17) is 4.98 Å². The van der Waals surface area contributed by atoms with Crippen molar-refractivity contribution in [2.45, 2.75) is 0 Å². The molecule has 130 valence electrons. The molecule has 0 atom stereocenters. The van der Waals surface area contributed by atoms with E-state index in [2.05, 4.69) is 60.2 Å². The minimum Gasteiger partial charge on any atom is -0.339 e. The van der Waals surface area contributed by atoms with E-state index in [-0.39, 0.29) is 0 Å². The van der Waals surface area contributed by atoms with E-state index in [9.17, 15) is 0 Å². The van der Waals surface area contributed by atoms with Gasteiger partial charge in [-0.25, -0.2) is 9.97 Å². The van der Waals surface area contributed by atoms with Crippen LogP contribution in [0.5, 0.6) is 0 Å². The fraction of sp³-hybridized carbons (Fsp3) is 0. The van der Waals surface area contributed by atoms with Crippen LogP contribution < -0.4 is 5.32 Å². The van der Waals surface area contributed by atoms with Crippen molar-refractivity contribution in [2.24, 2.45) is 0 Å². The van der Waals surface area contributed by atoms with Gasteiger partial charge in [0.15, 0.2) is 5.82 Å². The van der Waals surface area contributed by atoms with Crippen LogP contribution in [0, 0.1) is 3.57 Å². The van der Waals surface area contributed by atoms with E-state index in [1.54, 1.807) is 6.20 Å². The summed E-state index contributed by atoms with van der Waals surface area (Å²) in [5.41, 5.74) is 2.77. The molecule has 0 bridgehead atoms. The molecule has 5 rings (SSSR count). The molecule has 0 aliphatic carbocycles. The molecule has 0 unspecified atom stereocenters. The van der Waals surface area contributed by atoms with Gasteiger partial charge in [-0.15, -0.1) is 0 Å². The molecule has 3 aromatic heterocycles. The first-order valence-electron chi connectivity index (χ1n) is 8.35. The Labute approximate surface area is 168 Å². The molecule has 0 radical (unpaired) electrons. The van der Waals surface area contributed by atoms with Crippen molar-refractivity contribution >= 4 is 55.8 Å². The summed E-state index contributed by atoms with van der Waals surface area (Å²) in [6.45, 7) is 0. The van der Waals surface area contributed by atoms with Gasteiger partial charge in [-0.05, 0) is 46.9 Å². The van der Waals surface area contributed by atoms with Crippen molar-refractivity contribution in [1.29, 1.82) is 0 Å². The monoisotopic (exact) mass is 464 g/mol. The number of aromatic amines is 1. The second kappa shape index (κ2) is 6.58. The minimum atomic E-state index is 0.691. The van der Waals surface area contributed by atoms with Crippen molar-refractivity contribution in [2.75, 3.05) is 5.32 Å². The minimum absolute atomic E-state index is 0.691. The Bertz CT molecular complexity index is 1270. The van der Waals surface area contributed by atoms with Gasteiger partial charge in [0.1, 0.15) is 12.1 Å². The molecule has 0 aliphatic heterocycles. The van der Waals surface area contributed by atoms with Crippen LogP contribution in [0.15, 0.2) is 67.3 Å².